The Bertz CT molecular complexity index is 741. The summed E-state index contributed by atoms with van der Waals surface area (Å²) in [4.78, 5) is 0. The third-order valence-corrected chi connectivity index (χ3v) is 4.89. The van der Waals surface area contributed by atoms with Gasteiger partial charge >= 0.3 is 7.12 Å². The molecule has 1 fully saturated rings. The Morgan fingerprint density at radius 2 is 1.80 bits per heavy atom. The van der Waals surface area contributed by atoms with Gasteiger partial charge in [-0.25, -0.2) is 0 Å². The van der Waals surface area contributed by atoms with Crippen molar-refractivity contribution in [1.82, 2.24) is 9.78 Å². The van der Waals surface area contributed by atoms with E-state index in [0.717, 1.165) is 16.6 Å². The van der Waals surface area contributed by atoms with E-state index in [-0.39, 0.29) is 6.79 Å². The second kappa shape index (κ2) is 6.48. The molecule has 0 amide bonds. The summed E-state index contributed by atoms with van der Waals surface area (Å²) < 4.78 is 25.0. The van der Waals surface area contributed by atoms with Crippen molar-refractivity contribution in [3.05, 3.63) is 30.6 Å². The average Bonchev–Trinajstić information content (AvgIpc) is 3.06. The summed E-state index contributed by atoms with van der Waals surface area (Å²) in [6, 6.07) is 5.98. The number of methoxy groups -OCH3 is 1. The minimum Gasteiger partial charge on any atom is -0.468 e. The second-order valence-electron chi connectivity index (χ2n) is 7.29. The van der Waals surface area contributed by atoms with Crippen LogP contribution in [0.2, 0.25) is 0 Å². The van der Waals surface area contributed by atoms with Crippen LogP contribution in [0.4, 0.5) is 0 Å². The first-order valence-corrected chi connectivity index (χ1v) is 8.34. The molecule has 7 heteroatoms. The van der Waals surface area contributed by atoms with Crippen LogP contribution in [-0.2, 0) is 21.1 Å². The highest BCUT2D eigenvalue weighted by Crippen LogP contribution is 2.37. The van der Waals surface area contributed by atoms with Crippen LogP contribution in [0.25, 0.3) is 11.1 Å². The Morgan fingerprint density at radius 1 is 1.12 bits per heavy atom. The number of ether oxygens (including phenoxy) is 2. The van der Waals surface area contributed by atoms with Crippen LogP contribution in [-0.4, -0.2) is 42.0 Å². The van der Waals surface area contributed by atoms with Crippen molar-refractivity contribution in [1.29, 1.82) is 0 Å². The van der Waals surface area contributed by atoms with E-state index in [1.165, 1.54) is 0 Å². The van der Waals surface area contributed by atoms with Gasteiger partial charge in [0.25, 0.3) is 0 Å². The summed E-state index contributed by atoms with van der Waals surface area (Å²) in [7, 11) is 3.00. The molecule has 1 aliphatic heterocycles. The van der Waals surface area contributed by atoms with Crippen molar-refractivity contribution in [2.75, 3.05) is 13.9 Å². The predicted octanol–water partition coefficient (Wildman–Crippen LogP) is 2.37. The molecule has 3 rings (SSSR count). The molecule has 1 aromatic heterocycles. The minimum atomic E-state index is -0.486. The number of nitrogens with zero attached hydrogens (tertiary/aromatic N) is 2. The summed E-state index contributed by atoms with van der Waals surface area (Å²) in [5.74, 6) is 0.682. The SMILES string of the molecule is COCOc1cc(-c2cnn(C)c2)ccc1B1OC(C)(C)C(C)(C)O1. The molecule has 0 spiro atoms. The first-order valence-electron chi connectivity index (χ1n) is 8.34. The molecular weight excluding hydrogens is 319 g/mol. The molecule has 1 saturated heterocycles. The lowest BCUT2D eigenvalue weighted by atomic mass is 9.77. The number of hydrogen-bond donors (Lipinski definition) is 0. The van der Waals surface area contributed by atoms with Crippen LogP contribution in [0.5, 0.6) is 5.75 Å². The molecule has 0 radical (unpaired) electrons. The molecular formula is C18H25BN2O4. The molecule has 134 valence electrons. The van der Waals surface area contributed by atoms with Gasteiger partial charge in [0, 0.05) is 31.4 Å². The van der Waals surface area contributed by atoms with Gasteiger partial charge in [-0.2, -0.15) is 5.10 Å². The van der Waals surface area contributed by atoms with E-state index in [0.29, 0.717) is 5.75 Å². The zero-order chi connectivity index (χ0) is 18.2. The van der Waals surface area contributed by atoms with E-state index in [2.05, 4.69) is 5.10 Å². The molecule has 0 saturated carbocycles. The van der Waals surface area contributed by atoms with Crippen LogP contribution in [0, 0.1) is 0 Å². The fraction of sp³-hybridized carbons (Fsp3) is 0.500. The third kappa shape index (κ3) is 3.45. The van der Waals surface area contributed by atoms with E-state index in [4.69, 9.17) is 18.8 Å². The molecule has 0 N–H and O–H groups in total. The van der Waals surface area contributed by atoms with Crippen LogP contribution < -0.4 is 10.2 Å². The van der Waals surface area contributed by atoms with Crippen molar-refractivity contribution >= 4 is 12.6 Å². The van der Waals surface area contributed by atoms with Crippen molar-refractivity contribution in [2.45, 2.75) is 38.9 Å². The highest BCUT2D eigenvalue weighted by molar-refractivity contribution is 6.63. The molecule has 0 aliphatic carbocycles. The second-order valence-corrected chi connectivity index (χ2v) is 7.29. The maximum atomic E-state index is 6.16. The number of benzene rings is 1. The predicted molar refractivity (Wildman–Crippen MR) is 96.9 cm³/mol. The monoisotopic (exact) mass is 344 g/mol. The smallest absolute Gasteiger partial charge is 0.468 e. The lowest BCUT2D eigenvalue weighted by Crippen LogP contribution is -2.41. The van der Waals surface area contributed by atoms with Gasteiger partial charge in [0.2, 0.25) is 0 Å². The Hall–Kier alpha value is -1.83. The summed E-state index contributed by atoms with van der Waals surface area (Å²) in [6.07, 6.45) is 3.79. The fourth-order valence-electron chi connectivity index (χ4n) is 2.70. The summed E-state index contributed by atoms with van der Waals surface area (Å²) in [5, 5.41) is 4.22. The molecule has 0 atom stereocenters. The highest BCUT2D eigenvalue weighted by Gasteiger charge is 2.52. The Morgan fingerprint density at radius 3 is 2.36 bits per heavy atom. The molecule has 1 aromatic carbocycles. The van der Waals surface area contributed by atoms with Crippen molar-refractivity contribution < 1.29 is 18.8 Å². The fourth-order valence-corrected chi connectivity index (χ4v) is 2.70. The van der Waals surface area contributed by atoms with Gasteiger partial charge in [0.05, 0.1) is 17.4 Å². The van der Waals surface area contributed by atoms with E-state index < -0.39 is 18.3 Å². The van der Waals surface area contributed by atoms with Crippen LogP contribution in [0.1, 0.15) is 27.7 Å². The van der Waals surface area contributed by atoms with Crippen LogP contribution >= 0.6 is 0 Å². The zero-order valence-electron chi connectivity index (χ0n) is 15.7. The molecule has 2 heterocycles. The van der Waals surface area contributed by atoms with Gasteiger partial charge in [-0.3, -0.25) is 4.68 Å². The highest BCUT2D eigenvalue weighted by atomic mass is 16.7. The number of aromatic nitrogens is 2. The number of aryl methyl sites for hydroxylation is 1. The van der Waals surface area contributed by atoms with E-state index in [1.807, 2.05) is 65.3 Å². The summed E-state index contributed by atoms with van der Waals surface area (Å²) in [5.41, 5.74) is 2.07. The lowest BCUT2D eigenvalue weighted by Gasteiger charge is -2.32. The quantitative estimate of drug-likeness (QED) is 0.616. The van der Waals surface area contributed by atoms with Gasteiger partial charge in [0.1, 0.15) is 5.75 Å². The van der Waals surface area contributed by atoms with Crippen LogP contribution in [0.15, 0.2) is 30.6 Å². The number of rotatable bonds is 5. The van der Waals surface area contributed by atoms with Crippen molar-refractivity contribution in [3.8, 4) is 16.9 Å². The molecule has 25 heavy (non-hydrogen) atoms. The minimum absolute atomic E-state index is 0.156. The zero-order valence-corrected chi connectivity index (χ0v) is 15.7. The standard InChI is InChI=1S/C18H25BN2O4/c1-17(2)18(3,4)25-19(24-17)15-8-7-13(9-16(15)23-12-22-6)14-10-20-21(5)11-14/h7-11H,12H2,1-6H3. The topological polar surface area (TPSA) is 54.7 Å². The largest absolute Gasteiger partial charge is 0.498 e. The maximum Gasteiger partial charge on any atom is 0.498 e. The van der Waals surface area contributed by atoms with Crippen LogP contribution in [0.3, 0.4) is 0 Å². The van der Waals surface area contributed by atoms with Gasteiger partial charge in [-0.1, -0.05) is 12.1 Å². The lowest BCUT2D eigenvalue weighted by molar-refractivity contribution is 0.00578. The first kappa shape index (κ1) is 18.0. The first-order chi connectivity index (χ1) is 11.7. The molecule has 2 aromatic rings. The third-order valence-electron chi connectivity index (χ3n) is 4.89. The van der Waals surface area contributed by atoms with Crippen molar-refractivity contribution in [3.63, 3.8) is 0 Å². The van der Waals surface area contributed by atoms with E-state index in [1.54, 1.807) is 11.8 Å². The molecule has 6 nitrogen and oxygen atoms in total. The van der Waals surface area contributed by atoms with E-state index in [9.17, 15) is 0 Å². The Balaban J connectivity index is 1.96. The number of hydrogen-bond acceptors (Lipinski definition) is 5. The normalized spacial score (nSPS) is 18.6. The van der Waals surface area contributed by atoms with Gasteiger partial charge in [-0.15, -0.1) is 0 Å². The van der Waals surface area contributed by atoms with Gasteiger partial charge in [0.15, 0.2) is 6.79 Å². The van der Waals surface area contributed by atoms with Gasteiger partial charge < -0.3 is 18.8 Å². The average molecular weight is 344 g/mol. The maximum absolute atomic E-state index is 6.16. The Kier molecular flexibility index (Phi) is 4.66. The molecule has 1 aliphatic rings. The Labute approximate surface area is 149 Å². The molecule has 0 bridgehead atoms. The summed E-state index contributed by atoms with van der Waals surface area (Å²) in [6.45, 7) is 8.29. The van der Waals surface area contributed by atoms with Gasteiger partial charge in [-0.05, 0) is 39.3 Å². The summed E-state index contributed by atoms with van der Waals surface area (Å²) >= 11 is 0. The van der Waals surface area contributed by atoms with E-state index >= 15 is 0 Å². The molecule has 0 unspecified atom stereocenters. The van der Waals surface area contributed by atoms with Crippen molar-refractivity contribution in [2.24, 2.45) is 7.05 Å².